The monoisotopic (exact) mass is 460 g/mol. The van der Waals surface area contributed by atoms with Gasteiger partial charge in [0.05, 0.1) is 22.5 Å². The van der Waals surface area contributed by atoms with Crippen LogP contribution < -0.4 is 10.2 Å². The van der Waals surface area contributed by atoms with Crippen LogP contribution in [0.15, 0.2) is 24.5 Å². The summed E-state index contributed by atoms with van der Waals surface area (Å²) in [5, 5.41) is 3.21. The van der Waals surface area contributed by atoms with Gasteiger partial charge in [0.2, 0.25) is 5.91 Å². The third-order valence-corrected chi connectivity index (χ3v) is 6.90. The molecule has 2 aromatic rings. The van der Waals surface area contributed by atoms with E-state index in [-0.39, 0.29) is 40.0 Å². The van der Waals surface area contributed by atoms with Gasteiger partial charge in [0.15, 0.2) is 5.78 Å². The molecule has 2 N–H and O–H groups in total. The smallest absolute Gasteiger partial charge is 0.270 e. The molecule has 1 saturated carbocycles. The number of nitrogens with zero attached hydrogens (tertiary/aromatic N) is 2. The highest BCUT2D eigenvalue weighted by atomic mass is 35.5. The van der Waals surface area contributed by atoms with Gasteiger partial charge in [-0.1, -0.05) is 18.5 Å². The number of hydrogen-bond acceptors (Lipinski definition) is 4. The number of Topliss-reactive ketones (excluding diaryl/α,β-unsaturated/α-hetero) is 1. The maximum Gasteiger partial charge on any atom is 0.270 e. The van der Waals surface area contributed by atoms with Crippen molar-refractivity contribution in [2.45, 2.75) is 57.9 Å². The summed E-state index contributed by atoms with van der Waals surface area (Å²) < 4.78 is 13.4. The second-order valence-corrected chi connectivity index (χ2v) is 9.04. The zero-order valence-corrected chi connectivity index (χ0v) is 18.7. The van der Waals surface area contributed by atoms with Crippen LogP contribution in [0.3, 0.4) is 0 Å². The van der Waals surface area contributed by atoms with Crippen molar-refractivity contribution in [2.24, 2.45) is 5.41 Å². The van der Waals surface area contributed by atoms with Crippen molar-refractivity contribution in [3.05, 3.63) is 46.8 Å². The Morgan fingerprint density at radius 1 is 1.31 bits per heavy atom. The van der Waals surface area contributed by atoms with Crippen molar-refractivity contribution in [3.8, 4) is 0 Å². The number of imidazole rings is 1. The summed E-state index contributed by atoms with van der Waals surface area (Å²) in [6, 6.07) is 3.99. The fourth-order valence-corrected chi connectivity index (χ4v) is 5.08. The third-order valence-electron chi connectivity index (χ3n) is 6.60. The molecule has 2 heterocycles. The summed E-state index contributed by atoms with van der Waals surface area (Å²) in [6.45, 7) is 2.44. The van der Waals surface area contributed by atoms with E-state index in [1.807, 2.05) is 6.92 Å². The molecule has 1 spiro atoms. The van der Waals surface area contributed by atoms with Crippen molar-refractivity contribution in [1.29, 1.82) is 0 Å². The van der Waals surface area contributed by atoms with Gasteiger partial charge in [-0.2, -0.15) is 0 Å². The van der Waals surface area contributed by atoms with E-state index in [0.29, 0.717) is 57.2 Å². The molecule has 2 fully saturated rings. The highest BCUT2D eigenvalue weighted by Gasteiger charge is 2.49. The number of anilines is 1. The molecule has 2 aliphatic rings. The van der Waals surface area contributed by atoms with Gasteiger partial charge in [0.1, 0.15) is 17.2 Å². The number of H-pyrrole nitrogens is 1. The van der Waals surface area contributed by atoms with Gasteiger partial charge in [0, 0.05) is 19.0 Å². The molecule has 1 aliphatic carbocycles. The zero-order valence-electron chi connectivity index (χ0n) is 17.9. The standard InChI is InChI=1S/C23H26ClFN4O3/c1-2-3-18(30)19-20(27-13-26-19)21(31)28-15-6-8-23(9-7-15)10-11-29(22(23)32)17-5-4-14(25)12-16(17)24/h4-5,12-13,15H,2-3,6-11H2,1H3,(H,26,27)(H,28,31). The Morgan fingerprint density at radius 3 is 2.75 bits per heavy atom. The number of carbonyl (C=O) groups is 3. The Bertz CT molecular complexity index is 1050. The first-order chi connectivity index (χ1) is 15.3. The van der Waals surface area contributed by atoms with Gasteiger partial charge in [-0.25, -0.2) is 9.37 Å². The van der Waals surface area contributed by atoms with Crippen LogP contribution in [0.5, 0.6) is 0 Å². The van der Waals surface area contributed by atoms with Gasteiger partial charge in [-0.3, -0.25) is 14.4 Å². The van der Waals surface area contributed by atoms with E-state index in [0.717, 1.165) is 0 Å². The first-order valence-electron chi connectivity index (χ1n) is 11.0. The number of aromatic nitrogens is 2. The topological polar surface area (TPSA) is 95.2 Å². The van der Waals surface area contributed by atoms with Crippen LogP contribution in [0.4, 0.5) is 10.1 Å². The summed E-state index contributed by atoms with van der Waals surface area (Å²) in [5.74, 6) is -0.928. The van der Waals surface area contributed by atoms with Crippen LogP contribution in [0, 0.1) is 11.2 Å². The minimum atomic E-state index is -0.477. The normalized spacial score (nSPS) is 23.0. The molecular formula is C23H26ClFN4O3. The molecule has 0 atom stereocenters. The van der Waals surface area contributed by atoms with E-state index in [1.54, 1.807) is 11.0 Å². The molecular weight excluding hydrogens is 435 g/mol. The molecule has 0 unspecified atom stereocenters. The second kappa shape index (κ2) is 9.02. The minimum absolute atomic E-state index is 0.0109. The van der Waals surface area contributed by atoms with Gasteiger partial charge < -0.3 is 15.2 Å². The molecule has 32 heavy (non-hydrogen) atoms. The van der Waals surface area contributed by atoms with Gasteiger partial charge in [-0.05, 0) is 56.7 Å². The number of halogens is 2. The summed E-state index contributed by atoms with van der Waals surface area (Å²) >= 11 is 6.17. The molecule has 1 saturated heterocycles. The average Bonchev–Trinajstić information content (AvgIpc) is 3.37. The second-order valence-electron chi connectivity index (χ2n) is 8.63. The first kappa shape index (κ1) is 22.5. The van der Waals surface area contributed by atoms with Crippen LogP contribution in [-0.4, -0.2) is 40.2 Å². The van der Waals surface area contributed by atoms with E-state index in [4.69, 9.17) is 11.6 Å². The fourth-order valence-electron chi connectivity index (χ4n) is 4.81. The Labute approximate surface area is 190 Å². The number of hydrogen-bond donors (Lipinski definition) is 2. The molecule has 170 valence electrons. The summed E-state index contributed by atoms with van der Waals surface area (Å²) in [5.41, 5.74) is 0.427. The molecule has 1 aromatic heterocycles. The van der Waals surface area contributed by atoms with Crippen LogP contribution >= 0.6 is 11.6 Å². The molecule has 4 rings (SSSR count). The number of ketones is 1. The zero-order chi connectivity index (χ0) is 22.9. The van der Waals surface area contributed by atoms with Crippen molar-refractivity contribution in [2.75, 3.05) is 11.4 Å². The predicted molar refractivity (Wildman–Crippen MR) is 118 cm³/mol. The lowest BCUT2D eigenvalue weighted by molar-refractivity contribution is -0.127. The molecule has 0 radical (unpaired) electrons. The Kier molecular flexibility index (Phi) is 6.33. The van der Waals surface area contributed by atoms with Crippen molar-refractivity contribution >= 4 is 34.9 Å². The predicted octanol–water partition coefficient (Wildman–Crippen LogP) is 4.28. The maximum absolute atomic E-state index is 13.4. The van der Waals surface area contributed by atoms with Gasteiger partial charge in [-0.15, -0.1) is 0 Å². The Balaban J connectivity index is 1.38. The number of rotatable bonds is 6. The SMILES string of the molecule is CCCC(=O)c1nc[nH]c1C(=O)NC1CCC2(CC1)CCN(c1ccc(F)cc1Cl)C2=O. The van der Waals surface area contributed by atoms with E-state index in [9.17, 15) is 18.8 Å². The van der Waals surface area contributed by atoms with E-state index in [1.165, 1.54) is 18.5 Å². The highest BCUT2D eigenvalue weighted by Crippen LogP contribution is 2.47. The van der Waals surface area contributed by atoms with E-state index < -0.39 is 11.2 Å². The van der Waals surface area contributed by atoms with Crippen molar-refractivity contribution in [3.63, 3.8) is 0 Å². The quantitative estimate of drug-likeness (QED) is 0.629. The lowest BCUT2D eigenvalue weighted by atomic mass is 9.71. The number of nitrogens with one attached hydrogen (secondary N) is 2. The molecule has 2 amide bonds. The molecule has 0 bridgehead atoms. The fraction of sp³-hybridized carbons (Fsp3) is 0.478. The number of carbonyl (C=O) groups excluding carboxylic acids is 3. The van der Waals surface area contributed by atoms with Crippen LogP contribution in [-0.2, 0) is 4.79 Å². The summed E-state index contributed by atoms with van der Waals surface area (Å²) in [6.07, 6.45) is 5.72. The number of aromatic amines is 1. The summed E-state index contributed by atoms with van der Waals surface area (Å²) in [7, 11) is 0. The molecule has 9 heteroatoms. The lowest BCUT2D eigenvalue weighted by Crippen LogP contribution is -2.44. The number of benzene rings is 1. The van der Waals surface area contributed by atoms with Crippen LogP contribution in [0.1, 0.15) is 72.8 Å². The maximum atomic E-state index is 13.4. The average molecular weight is 461 g/mol. The van der Waals surface area contributed by atoms with Crippen molar-refractivity contribution < 1.29 is 18.8 Å². The van der Waals surface area contributed by atoms with Gasteiger partial charge >= 0.3 is 0 Å². The lowest BCUT2D eigenvalue weighted by Gasteiger charge is -2.36. The Morgan fingerprint density at radius 2 is 2.06 bits per heavy atom. The molecule has 7 nitrogen and oxygen atoms in total. The van der Waals surface area contributed by atoms with Crippen LogP contribution in [0.25, 0.3) is 0 Å². The first-order valence-corrected chi connectivity index (χ1v) is 11.4. The number of amides is 2. The molecule has 1 aromatic carbocycles. The van der Waals surface area contributed by atoms with E-state index in [2.05, 4.69) is 15.3 Å². The van der Waals surface area contributed by atoms with E-state index >= 15 is 0 Å². The minimum Gasteiger partial charge on any atom is -0.348 e. The third kappa shape index (κ3) is 4.16. The van der Waals surface area contributed by atoms with Crippen molar-refractivity contribution in [1.82, 2.24) is 15.3 Å². The highest BCUT2D eigenvalue weighted by molar-refractivity contribution is 6.34. The van der Waals surface area contributed by atoms with Crippen LogP contribution in [0.2, 0.25) is 5.02 Å². The largest absolute Gasteiger partial charge is 0.348 e. The molecule has 1 aliphatic heterocycles. The summed E-state index contributed by atoms with van der Waals surface area (Å²) in [4.78, 5) is 46.6. The van der Waals surface area contributed by atoms with Gasteiger partial charge in [0.25, 0.3) is 5.91 Å². The Hall–Kier alpha value is -2.74.